The van der Waals surface area contributed by atoms with Gasteiger partial charge in [-0.25, -0.2) is 4.57 Å². The van der Waals surface area contributed by atoms with Gasteiger partial charge in [-0.3, -0.25) is 13.8 Å². The van der Waals surface area contributed by atoms with Crippen molar-refractivity contribution in [1.82, 2.24) is 0 Å². The van der Waals surface area contributed by atoms with E-state index in [0.29, 0.717) is 23.9 Å². The zero-order valence-electron chi connectivity index (χ0n) is 12.1. The molecule has 8 heteroatoms. The molecule has 0 aliphatic carbocycles. The van der Waals surface area contributed by atoms with Crippen LogP contribution in [0, 0.1) is 0 Å². The van der Waals surface area contributed by atoms with Crippen molar-refractivity contribution in [3.63, 3.8) is 0 Å². The highest BCUT2D eigenvalue weighted by Gasteiger charge is 2.22. The lowest BCUT2D eigenvalue weighted by atomic mass is 10.5. The molecule has 0 fully saturated rings. The van der Waals surface area contributed by atoms with Crippen molar-refractivity contribution in [2.75, 3.05) is 47.5 Å². The zero-order chi connectivity index (χ0) is 14.9. The van der Waals surface area contributed by atoms with Gasteiger partial charge < -0.3 is 14.1 Å². The number of hydrogen-bond acceptors (Lipinski definition) is 5. The highest BCUT2D eigenvalue weighted by molar-refractivity contribution is 7.47. The summed E-state index contributed by atoms with van der Waals surface area (Å²) in [6.45, 7) is 2.62. The molecule has 0 saturated carbocycles. The minimum Gasteiger partial charge on any atom is -0.466 e. The summed E-state index contributed by atoms with van der Waals surface area (Å²) in [5.74, 6) is -0.300. The lowest BCUT2D eigenvalue weighted by Crippen LogP contribution is -2.37. The third kappa shape index (κ3) is 12.3. The maximum absolute atomic E-state index is 11.4. The number of hydrogen-bond donors (Lipinski definition) is 1. The van der Waals surface area contributed by atoms with Gasteiger partial charge in [0.1, 0.15) is 13.2 Å². The molecule has 114 valence electrons. The van der Waals surface area contributed by atoms with Gasteiger partial charge >= 0.3 is 13.8 Å². The Hall–Kier alpha value is -0.460. The van der Waals surface area contributed by atoms with Crippen molar-refractivity contribution in [1.29, 1.82) is 0 Å². The Bertz CT molecular complexity index is 315. The molecule has 19 heavy (non-hydrogen) atoms. The van der Waals surface area contributed by atoms with Crippen molar-refractivity contribution in [2.24, 2.45) is 0 Å². The second-order valence-electron chi connectivity index (χ2n) is 5.08. The average molecular weight is 298 g/mol. The van der Waals surface area contributed by atoms with Crippen LogP contribution < -0.4 is 0 Å². The van der Waals surface area contributed by atoms with Crippen LogP contribution >= 0.6 is 7.82 Å². The Morgan fingerprint density at radius 3 is 2.26 bits per heavy atom. The predicted molar refractivity (Wildman–Crippen MR) is 70.5 cm³/mol. The fraction of sp³-hybridized carbons (Fsp3) is 0.909. The number of carbonyl (C=O) groups is 1. The molecule has 0 bridgehead atoms. The Morgan fingerprint density at radius 1 is 1.16 bits per heavy atom. The molecule has 0 aromatic heterocycles. The van der Waals surface area contributed by atoms with Crippen molar-refractivity contribution in [3.05, 3.63) is 0 Å². The lowest BCUT2D eigenvalue weighted by molar-refractivity contribution is -0.870. The van der Waals surface area contributed by atoms with Gasteiger partial charge in [0, 0.05) is 12.8 Å². The number of phosphoric acid groups is 1. The molecule has 7 nitrogen and oxygen atoms in total. The summed E-state index contributed by atoms with van der Waals surface area (Å²) in [7, 11) is 1.86. The maximum atomic E-state index is 11.4. The molecule has 0 aromatic rings. The smallest absolute Gasteiger partial charge is 0.466 e. The molecular weight excluding hydrogens is 273 g/mol. The molecule has 0 radical (unpaired) electrons. The van der Waals surface area contributed by atoms with E-state index in [4.69, 9.17) is 13.8 Å². The van der Waals surface area contributed by atoms with Crippen LogP contribution in [0.3, 0.4) is 0 Å². The first-order valence-corrected chi connectivity index (χ1v) is 7.74. The number of quaternary nitrogens is 1. The highest BCUT2D eigenvalue weighted by Crippen LogP contribution is 2.42. The second kappa shape index (κ2) is 8.66. The van der Waals surface area contributed by atoms with E-state index in [0.717, 1.165) is 0 Å². The quantitative estimate of drug-likeness (QED) is 0.282. The Kier molecular flexibility index (Phi) is 8.45. The number of ether oxygens (including phenoxy) is 1. The first-order valence-electron chi connectivity index (χ1n) is 6.24. The zero-order valence-corrected chi connectivity index (χ0v) is 13.0. The van der Waals surface area contributed by atoms with Crippen LogP contribution in [0.15, 0.2) is 0 Å². The third-order valence-corrected chi connectivity index (χ3v) is 3.13. The van der Waals surface area contributed by atoms with Crippen LogP contribution in [0.1, 0.15) is 19.8 Å². The Labute approximate surface area is 114 Å². The van der Waals surface area contributed by atoms with Crippen LogP contribution in [-0.4, -0.2) is 62.9 Å². The van der Waals surface area contributed by atoms with Crippen LogP contribution in [-0.2, 0) is 23.1 Å². The summed E-state index contributed by atoms with van der Waals surface area (Å²) in [6.07, 6.45) is 0.669. The molecule has 0 rings (SSSR count). The van der Waals surface area contributed by atoms with Crippen molar-refractivity contribution in [3.8, 4) is 0 Å². The monoisotopic (exact) mass is 298 g/mol. The van der Waals surface area contributed by atoms with Gasteiger partial charge in [-0.05, 0) is 0 Å². The number of nitrogens with zero attached hydrogens (tertiary/aromatic N) is 1. The summed E-state index contributed by atoms with van der Waals surface area (Å²) < 4.78 is 26.4. The number of esters is 1. The average Bonchev–Trinajstić information content (AvgIpc) is 2.25. The summed E-state index contributed by atoms with van der Waals surface area (Å²) >= 11 is 0. The second-order valence-corrected chi connectivity index (χ2v) is 6.53. The molecule has 0 saturated heterocycles. The molecule has 0 aromatic carbocycles. The minimum absolute atomic E-state index is 0.00907. The molecule has 1 unspecified atom stereocenters. The predicted octanol–water partition coefficient (Wildman–Crippen LogP) is 1.17. The molecule has 0 aliphatic rings. The molecule has 0 amide bonds. The van der Waals surface area contributed by atoms with Crippen LogP contribution in [0.4, 0.5) is 0 Å². The van der Waals surface area contributed by atoms with Gasteiger partial charge in [-0.15, -0.1) is 0 Å². The van der Waals surface area contributed by atoms with Crippen LogP contribution in [0.25, 0.3) is 0 Å². The molecule has 0 heterocycles. The minimum atomic E-state index is -4.00. The number of phosphoric ester groups is 1. The summed E-state index contributed by atoms with van der Waals surface area (Å²) in [6, 6.07) is 0. The largest absolute Gasteiger partial charge is 0.472 e. The standard InChI is InChI=1S/C11H24NO6P/c1-5-11(13)16-8-6-9-17-19(14,15)18-10-7-12(2,3)4/h5-10H2,1-4H3/p+1. The van der Waals surface area contributed by atoms with Gasteiger partial charge in [0.05, 0.1) is 34.4 Å². The van der Waals surface area contributed by atoms with Crippen molar-refractivity contribution in [2.45, 2.75) is 19.8 Å². The topological polar surface area (TPSA) is 82.1 Å². The Morgan fingerprint density at radius 2 is 1.74 bits per heavy atom. The number of carbonyl (C=O) groups excluding carboxylic acids is 1. The van der Waals surface area contributed by atoms with Gasteiger partial charge in [0.25, 0.3) is 0 Å². The molecule has 1 atom stereocenters. The lowest BCUT2D eigenvalue weighted by Gasteiger charge is -2.24. The highest BCUT2D eigenvalue weighted by atomic mass is 31.2. The van der Waals surface area contributed by atoms with Gasteiger partial charge in [0.2, 0.25) is 0 Å². The molecule has 0 spiro atoms. The van der Waals surface area contributed by atoms with Gasteiger partial charge in [-0.2, -0.15) is 0 Å². The molecular formula is C11H25NO6P+. The van der Waals surface area contributed by atoms with Crippen molar-refractivity contribution < 1.29 is 32.5 Å². The first kappa shape index (κ1) is 18.5. The molecule has 1 N–H and O–H groups in total. The van der Waals surface area contributed by atoms with E-state index in [2.05, 4.69) is 0 Å². The van der Waals surface area contributed by atoms with Gasteiger partial charge in [0.15, 0.2) is 0 Å². The number of likely N-dealkylation sites (N-methyl/N-ethyl adjacent to an activating group) is 1. The summed E-state index contributed by atoms with van der Waals surface area (Å²) in [5, 5.41) is 0. The van der Waals surface area contributed by atoms with E-state index < -0.39 is 7.82 Å². The fourth-order valence-electron chi connectivity index (χ4n) is 0.994. The summed E-state index contributed by atoms with van der Waals surface area (Å²) in [4.78, 5) is 20.2. The summed E-state index contributed by atoms with van der Waals surface area (Å²) in [5.41, 5.74) is 0. The first-order chi connectivity index (χ1) is 8.66. The van der Waals surface area contributed by atoms with E-state index in [1.807, 2.05) is 21.1 Å². The van der Waals surface area contributed by atoms with E-state index in [1.54, 1.807) is 6.92 Å². The normalized spacial score (nSPS) is 15.0. The van der Waals surface area contributed by atoms with E-state index >= 15 is 0 Å². The van der Waals surface area contributed by atoms with Gasteiger partial charge in [-0.1, -0.05) is 6.92 Å². The maximum Gasteiger partial charge on any atom is 0.472 e. The fourth-order valence-corrected chi connectivity index (χ4v) is 1.74. The van der Waals surface area contributed by atoms with Crippen LogP contribution in [0.5, 0.6) is 0 Å². The van der Waals surface area contributed by atoms with E-state index in [-0.39, 0.29) is 25.8 Å². The van der Waals surface area contributed by atoms with E-state index in [1.165, 1.54) is 0 Å². The third-order valence-electron chi connectivity index (χ3n) is 2.11. The SMILES string of the molecule is CCC(=O)OCCCOP(=O)(O)OCC[N+](C)(C)C. The van der Waals surface area contributed by atoms with Crippen molar-refractivity contribution >= 4 is 13.8 Å². The van der Waals surface area contributed by atoms with Crippen LogP contribution in [0.2, 0.25) is 0 Å². The molecule has 0 aliphatic heterocycles. The number of rotatable bonds is 10. The Balaban J connectivity index is 3.68. The van der Waals surface area contributed by atoms with E-state index in [9.17, 15) is 14.3 Å².